The van der Waals surface area contributed by atoms with Crippen LogP contribution in [0.5, 0.6) is 0 Å². The number of amides is 2. The van der Waals surface area contributed by atoms with Gasteiger partial charge in [0.1, 0.15) is 0 Å². The molecule has 27 heavy (non-hydrogen) atoms. The molecule has 1 fully saturated rings. The van der Waals surface area contributed by atoms with Crippen molar-refractivity contribution in [1.82, 2.24) is 15.5 Å². The van der Waals surface area contributed by atoms with Gasteiger partial charge in [-0.05, 0) is 76.9 Å². The van der Waals surface area contributed by atoms with E-state index in [2.05, 4.69) is 15.5 Å². The molecule has 0 bridgehead atoms. The van der Waals surface area contributed by atoms with Crippen molar-refractivity contribution in [2.75, 3.05) is 33.7 Å². The van der Waals surface area contributed by atoms with Crippen LogP contribution in [0.3, 0.4) is 0 Å². The predicted octanol–water partition coefficient (Wildman–Crippen LogP) is 2.87. The molecule has 0 atom stereocenters. The maximum Gasteiger partial charge on any atom is 0.223 e. The topological polar surface area (TPSA) is 61.4 Å². The van der Waals surface area contributed by atoms with E-state index >= 15 is 0 Å². The van der Waals surface area contributed by atoms with E-state index in [4.69, 9.17) is 11.6 Å². The molecule has 1 aliphatic rings. The first-order valence-electron chi connectivity index (χ1n) is 9.90. The lowest BCUT2D eigenvalue weighted by Crippen LogP contribution is -2.38. The highest BCUT2D eigenvalue weighted by molar-refractivity contribution is 6.30. The molecule has 2 N–H and O–H groups in total. The van der Waals surface area contributed by atoms with Crippen LogP contribution in [-0.4, -0.2) is 50.4 Å². The monoisotopic (exact) mass is 393 g/mol. The zero-order chi connectivity index (χ0) is 19.6. The minimum Gasteiger partial charge on any atom is -0.356 e. The van der Waals surface area contributed by atoms with Crippen molar-refractivity contribution in [3.8, 4) is 0 Å². The van der Waals surface area contributed by atoms with Crippen molar-refractivity contribution >= 4 is 23.4 Å². The van der Waals surface area contributed by atoms with Gasteiger partial charge in [0, 0.05) is 29.9 Å². The number of hydrogen-bond donors (Lipinski definition) is 2. The number of benzene rings is 1. The summed E-state index contributed by atoms with van der Waals surface area (Å²) in [7, 11) is 4.06. The van der Waals surface area contributed by atoms with Crippen LogP contribution in [0.2, 0.25) is 5.02 Å². The van der Waals surface area contributed by atoms with Gasteiger partial charge in [0.25, 0.3) is 0 Å². The number of halogens is 1. The summed E-state index contributed by atoms with van der Waals surface area (Å²) in [5.41, 5.74) is 1.16. The van der Waals surface area contributed by atoms with E-state index in [0.29, 0.717) is 6.54 Å². The van der Waals surface area contributed by atoms with Crippen molar-refractivity contribution in [3.63, 3.8) is 0 Å². The Balaban J connectivity index is 1.62. The molecule has 0 heterocycles. The van der Waals surface area contributed by atoms with Gasteiger partial charge in [0.05, 0.1) is 0 Å². The Hall–Kier alpha value is -1.59. The minimum atomic E-state index is 0.0352. The molecular weight excluding hydrogens is 362 g/mol. The van der Waals surface area contributed by atoms with Crippen LogP contribution in [0, 0.1) is 11.8 Å². The smallest absolute Gasteiger partial charge is 0.223 e. The number of hydrogen-bond acceptors (Lipinski definition) is 3. The molecule has 0 radical (unpaired) electrons. The van der Waals surface area contributed by atoms with E-state index in [1.165, 1.54) is 0 Å². The fraction of sp³-hybridized carbons (Fsp3) is 0.619. The highest BCUT2D eigenvalue weighted by atomic mass is 35.5. The average Bonchev–Trinajstić information content (AvgIpc) is 2.66. The maximum absolute atomic E-state index is 12.4. The summed E-state index contributed by atoms with van der Waals surface area (Å²) in [6.45, 7) is 2.33. The van der Waals surface area contributed by atoms with Gasteiger partial charge >= 0.3 is 0 Å². The van der Waals surface area contributed by atoms with Gasteiger partial charge in [-0.25, -0.2) is 0 Å². The highest BCUT2D eigenvalue weighted by Crippen LogP contribution is 2.29. The number of carbonyl (C=O) groups excluding carboxylic acids is 2. The zero-order valence-electron chi connectivity index (χ0n) is 16.5. The lowest BCUT2D eigenvalue weighted by molar-refractivity contribution is -0.130. The molecular formula is C21H32ClN3O2. The van der Waals surface area contributed by atoms with E-state index in [1.54, 1.807) is 0 Å². The van der Waals surface area contributed by atoms with Crippen LogP contribution in [-0.2, 0) is 16.0 Å². The van der Waals surface area contributed by atoms with Crippen LogP contribution in [0.25, 0.3) is 0 Å². The molecule has 0 unspecified atom stereocenters. The Morgan fingerprint density at radius 3 is 2.00 bits per heavy atom. The number of nitrogens with one attached hydrogen (secondary N) is 2. The summed E-state index contributed by atoms with van der Waals surface area (Å²) in [4.78, 5) is 26.7. The molecule has 1 aliphatic carbocycles. The van der Waals surface area contributed by atoms with E-state index in [-0.39, 0.29) is 23.7 Å². The molecule has 2 amide bonds. The van der Waals surface area contributed by atoms with Crippen molar-refractivity contribution < 1.29 is 9.59 Å². The summed E-state index contributed by atoms with van der Waals surface area (Å²) in [5, 5.41) is 6.79. The van der Waals surface area contributed by atoms with Crippen molar-refractivity contribution in [3.05, 3.63) is 34.9 Å². The van der Waals surface area contributed by atoms with Gasteiger partial charge in [-0.2, -0.15) is 0 Å². The van der Waals surface area contributed by atoms with Crippen LogP contribution < -0.4 is 10.6 Å². The third kappa shape index (κ3) is 7.89. The number of rotatable bonds is 9. The fourth-order valence-electron chi connectivity index (χ4n) is 3.49. The van der Waals surface area contributed by atoms with E-state index < -0.39 is 0 Å². The second-order valence-electron chi connectivity index (χ2n) is 7.66. The lowest BCUT2D eigenvalue weighted by Gasteiger charge is -2.27. The Bertz CT molecular complexity index is 596. The number of nitrogens with zero attached hydrogens (tertiary/aromatic N) is 1. The van der Waals surface area contributed by atoms with E-state index in [1.807, 2.05) is 38.4 Å². The first-order chi connectivity index (χ1) is 13.0. The molecule has 0 aliphatic heterocycles. The van der Waals surface area contributed by atoms with Gasteiger partial charge in [-0.15, -0.1) is 0 Å². The summed E-state index contributed by atoms with van der Waals surface area (Å²) in [6.07, 6.45) is 4.95. The van der Waals surface area contributed by atoms with Gasteiger partial charge in [-0.1, -0.05) is 23.7 Å². The molecule has 150 valence electrons. The van der Waals surface area contributed by atoms with Crippen molar-refractivity contribution in [2.45, 2.75) is 38.5 Å². The average molecular weight is 394 g/mol. The molecule has 6 heteroatoms. The highest BCUT2D eigenvalue weighted by Gasteiger charge is 2.29. The van der Waals surface area contributed by atoms with Crippen LogP contribution in [0.1, 0.15) is 37.7 Å². The Kier molecular flexibility index (Phi) is 9.08. The largest absolute Gasteiger partial charge is 0.356 e. The zero-order valence-corrected chi connectivity index (χ0v) is 17.2. The van der Waals surface area contributed by atoms with E-state index in [9.17, 15) is 9.59 Å². The Labute approximate surface area is 167 Å². The normalized spacial score (nSPS) is 19.7. The minimum absolute atomic E-state index is 0.0352. The first kappa shape index (κ1) is 21.7. The summed E-state index contributed by atoms with van der Waals surface area (Å²) >= 11 is 5.88. The Morgan fingerprint density at radius 1 is 0.963 bits per heavy atom. The SMILES string of the molecule is CN(C)CCCNC(=O)C1CCC(C(=O)NCCc2ccc(Cl)cc2)CC1. The molecule has 1 aromatic carbocycles. The third-order valence-electron chi connectivity index (χ3n) is 5.18. The second kappa shape index (κ2) is 11.3. The molecule has 5 nitrogen and oxygen atoms in total. The quantitative estimate of drug-likeness (QED) is 0.634. The van der Waals surface area contributed by atoms with Gasteiger partial charge in [0.2, 0.25) is 11.8 Å². The molecule has 0 saturated heterocycles. The van der Waals surface area contributed by atoms with Gasteiger partial charge in [0.15, 0.2) is 0 Å². The lowest BCUT2D eigenvalue weighted by atomic mass is 9.81. The standard InChI is InChI=1S/C21H32ClN3O2/c1-25(2)15-3-13-23-20(26)17-6-8-18(9-7-17)21(27)24-14-12-16-4-10-19(22)11-5-16/h4-5,10-11,17-18H,3,6-9,12-15H2,1-2H3,(H,23,26)(H,24,27). The fourth-order valence-corrected chi connectivity index (χ4v) is 3.62. The van der Waals surface area contributed by atoms with Crippen molar-refractivity contribution in [1.29, 1.82) is 0 Å². The third-order valence-corrected chi connectivity index (χ3v) is 5.43. The molecule has 1 aromatic rings. The van der Waals surface area contributed by atoms with E-state index in [0.717, 1.165) is 62.2 Å². The van der Waals surface area contributed by atoms with Crippen LogP contribution >= 0.6 is 11.6 Å². The summed E-state index contributed by atoms with van der Waals surface area (Å²) in [5.74, 6) is 0.361. The number of carbonyl (C=O) groups is 2. The maximum atomic E-state index is 12.4. The molecule has 2 rings (SSSR count). The first-order valence-corrected chi connectivity index (χ1v) is 10.3. The van der Waals surface area contributed by atoms with Crippen molar-refractivity contribution in [2.24, 2.45) is 11.8 Å². The van der Waals surface area contributed by atoms with Gasteiger partial charge in [-0.3, -0.25) is 9.59 Å². The summed E-state index contributed by atoms with van der Waals surface area (Å²) < 4.78 is 0. The Morgan fingerprint density at radius 2 is 1.48 bits per heavy atom. The molecule has 0 spiro atoms. The van der Waals surface area contributed by atoms with Gasteiger partial charge < -0.3 is 15.5 Å². The molecule has 0 aromatic heterocycles. The van der Waals surface area contributed by atoms with Crippen LogP contribution in [0.15, 0.2) is 24.3 Å². The molecule has 1 saturated carbocycles. The predicted molar refractivity (Wildman–Crippen MR) is 110 cm³/mol. The summed E-state index contributed by atoms with van der Waals surface area (Å²) in [6, 6.07) is 7.70. The van der Waals surface area contributed by atoms with Crippen LogP contribution in [0.4, 0.5) is 0 Å². The second-order valence-corrected chi connectivity index (χ2v) is 8.10.